The second-order valence-corrected chi connectivity index (χ2v) is 5.12. The van der Waals surface area contributed by atoms with E-state index in [-0.39, 0.29) is 12.2 Å². The van der Waals surface area contributed by atoms with Crippen molar-refractivity contribution >= 4 is 17.9 Å². The van der Waals surface area contributed by atoms with Crippen molar-refractivity contribution in [3.8, 4) is 0 Å². The third-order valence-electron chi connectivity index (χ3n) is 3.30. The van der Waals surface area contributed by atoms with Crippen LogP contribution >= 0.6 is 0 Å². The van der Waals surface area contributed by atoms with Crippen molar-refractivity contribution in [3.63, 3.8) is 0 Å². The number of nitrogens with zero attached hydrogens (tertiary/aromatic N) is 1. The van der Waals surface area contributed by atoms with Gasteiger partial charge in [0.2, 0.25) is 5.82 Å². The topological polar surface area (TPSA) is 81.5 Å². The molecule has 7 heteroatoms. The van der Waals surface area contributed by atoms with Gasteiger partial charge in [-0.25, -0.2) is 4.79 Å². The average Bonchev–Trinajstić information content (AvgIpc) is 2.61. The summed E-state index contributed by atoms with van der Waals surface area (Å²) >= 11 is 0. The Morgan fingerprint density at radius 1 is 1.20 bits per heavy atom. The van der Waals surface area contributed by atoms with Gasteiger partial charge in [-0.3, -0.25) is 10.1 Å². The highest BCUT2D eigenvalue weighted by atomic mass is 19.1. The fraction of sp³-hybridized carbons (Fsp3) is 0.167. The van der Waals surface area contributed by atoms with Crippen LogP contribution in [0.4, 0.5) is 14.9 Å². The number of alkyl carbamates (subject to hydrolysis) is 1. The predicted molar refractivity (Wildman–Crippen MR) is 91.3 cm³/mol. The lowest BCUT2D eigenvalue weighted by atomic mass is 10.1. The van der Waals surface area contributed by atoms with Crippen molar-refractivity contribution in [2.24, 2.45) is 0 Å². The van der Waals surface area contributed by atoms with Gasteiger partial charge >= 0.3 is 11.8 Å². The van der Waals surface area contributed by atoms with E-state index >= 15 is 0 Å². The van der Waals surface area contributed by atoms with E-state index in [0.29, 0.717) is 13.0 Å². The maximum atomic E-state index is 13.8. The summed E-state index contributed by atoms with van der Waals surface area (Å²) in [5.41, 5.74) is 0.448. The minimum atomic E-state index is -0.876. The highest BCUT2D eigenvalue weighted by Crippen LogP contribution is 2.21. The molecule has 1 N–H and O–H groups in total. The van der Waals surface area contributed by atoms with Crippen molar-refractivity contribution < 1.29 is 18.8 Å². The van der Waals surface area contributed by atoms with E-state index < -0.39 is 22.5 Å². The molecule has 0 aliphatic carbocycles. The fourth-order valence-corrected chi connectivity index (χ4v) is 2.05. The van der Waals surface area contributed by atoms with Crippen LogP contribution in [-0.2, 0) is 11.3 Å². The molecule has 0 radical (unpaired) electrons. The first-order valence-corrected chi connectivity index (χ1v) is 7.62. The first-order chi connectivity index (χ1) is 12.1. The molecule has 2 aromatic carbocycles. The summed E-state index contributed by atoms with van der Waals surface area (Å²) in [5.74, 6) is -0.876. The second kappa shape index (κ2) is 9.17. The van der Waals surface area contributed by atoms with Crippen molar-refractivity contribution in [2.75, 3.05) is 6.54 Å². The summed E-state index contributed by atoms with van der Waals surface area (Å²) in [5, 5.41) is 13.2. The number of amides is 1. The molecule has 130 valence electrons. The maximum Gasteiger partial charge on any atom is 0.407 e. The van der Waals surface area contributed by atoms with Gasteiger partial charge in [-0.2, -0.15) is 4.39 Å². The Morgan fingerprint density at radius 2 is 1.96 bits per heavy atom. The summed E-state index contributed by atoms with van der Waals surface area (Å²) in [4.78, 5) is 21.4. The molecule has 0 saturated carbocycles. The summed E-state index contributed by atoms with van der Waals surface area (Å²) in [7, 11) is 0. The van der Waals surface area contributed by atoms with E-state index in [4.69, 9.17) is 4.74 Å². The molecule has 0 fully saturated rings. The van der Waals surface area contributed by atoms with E-state index in [1.165, 1.54) is 18.2 Å². The van der Waals surface area contributed by atoms with Crippen LogP contribution < -0.4 is 5.32 Å². The Hall–Kier alpha value is -3.22. The van der Waals surface area contributed by atoms with E-state index in [1.807, 2.05) is 30.3 Å². The van der Waals surface area contributed by atoms with Gasteiger partial charge in [-0.15, -0.1) is 0 Å². The predicted octanol–water partition coefficient (Wildman–Crippen LogP) is 4.06. The number of carbonyl (C=O) groups excluding carboxylic acids is 1. The lowest BCUT2D eigenvalue weighted by Gasteiger charge is -2.05. The SMILES string of the molecule is O=C(NCCC=Cc1cccc([N+](=O)[O-])c1F)OCc1ccccc1. The van der Waals surface area contributed by atoms with Crippen LogP contribution in [0.1, 0.15) is 17.5 Å². The quantitative estimate of drug-likeness (QED) is 0.466. The summed E-state index contributed by atoms with van der Waals surface area (Å²) in [6.07, 6.45) is 2.96. The van der Waals surface area contributed by atoms with Gasteiger partial charge in [0.15, 0.2) is 0 Å². The maximum absolute atomic E-state index is 13.8. The molecule has 0 aliphatic rings. The molecule has 0 spiro atoms. The molecule has 0 saturated heterocycles. The Kier molecular flexibility index (Phi) is 6.65. The first-order valence-electron chi connectivity index (χ1n) is 7.62. The summed E-state index contributed by atoms with van der Waals surface area (Å²) in [6, 6.07) is 13.3. The molecule has 0 heterocycles. The molecule has 1 amide bonds. The first kappa shape index (κ1) is 18.1. The Morgan fingerprint density at radius 3 is 2.68 bits per heavy atom. The van der Waals surface area contributed by atoms with Crippen molar-refractivity contribution in [1.29, 1.82) is 0 Å². The van der Waals surface area contributed by atoms with Gasteiger partial charge in [0.25, 0.3) is 0 Å². The number of hydrogen-bond acceptors (Lipinski definition) is 4. The number of nitrogens with one attached hydrogen (secondary N) is 1. The Balaban J connectivity index is 1.74. The van der Waals surface area contributed by atoms with Crippen LogP contribution in [0, 0.1) is 15.9 Å². The monoisotopic (exact) mass is 344 g/mol. The normalized spacial score (nSPS) is 10.6. The standard InChI is InChI=1S/C18H17FN2O4/c19-17-15(10-6-11-16(17)21(23)24)9-4-5-12-20-18(22)25-13-14-7-2-1-3-8-14/h1-4,6-11H,5,12-13H2,(H,20,22). The molecular weight excluding hydrogens is 327 g/mol. The number of nitro benzene ring substituents is 1. The summed E-state index contributed by atoms with van der Waals surface area (Å²) in [6.45, 7) is 0.488. The van der Waals surface area contributed by atoms with Crippen LogP contribution in [0.15, 0.2) is 54.6 Å². The largest absolute Gasteiger partial charge is 0.445 e. The fourth-order valence-electron chi connectivity index (χ4n) is 2.05. The van der Waals surface area contributed by atoms with Crippen LogP contribution in [0.25, 0.3) is 6.08 Å². The molecule has 0 aromatic heterocycles. The number of halogens is 1. The smallest absolute Gasteiger partial charge is 0.407 e. The third kappa shape index (κ3) is 5.72. The zero-order valence-electron chi connectivity index (χ0n) is 13.4. The molecular formula is C18H17FN2O4. The minimum Gasteiger partial charge on any atom is -0.445 e. The number of ether oxygens (including phenoxy) is 1. The molecule has 0 unspecified atom stereocenters. The molecule has 2 rings (SSSR count). The number of hydrogen-bond donors (Lipinski definition) is 1. The number of benzene rings is 2. The van der Waals surface area contributed by atoms with E-state index in [1.54, 1.807) is 6.08 Å². The van der Waals surface area contributed by atoms with Gasteiger partial charge in [0.05, 0.1) is 4.92 Å². The van der Waals surface area contributed by atoms with Crippen LogP contribution in [0.2, 0.25) is 0 Å². The third-order valence-corrected chi connectivity index (χ3v) is 3.30. The molecule has 0 aliphatic heterocycles. The lowest BCUT2D eigenvalue weighted by Crippen LogP contribution is -2.24. The average molecular weight is 344 g/mol. The van der Waals surface area contributed by atoms with Gasteiger partial charge in [0, 0.05) is 18.2 Å². The van der Waals surface area contributed by atoms with Gasteiger partial charge in [-0.1, -0.05) is 54.6 Å². The zero-order chi connectivity index (χ0) is 18.1. The Bertz CT molecular complexity index is 763. The molecule has 6 nitrogen and oxygen atoms in total. The molecule has 25 heavy (non-hydrogen) atoms. The second-order valence-electron chi connectivity index (χ2n) is 5.12. The van der Waals surface area contributed by atoms with Crippen LogP contribution in [0.3, 0.4) is 0 Å². The Labute approximate surface area is 144 Å². The lowest BCUT2D eigenvalue weighted by molar-refractivity contribution is -0.387. The van der Waals surface area contributed by atoms with Crippen LogP contribution in [-0.4, -0.2) is 17.6 Å². The number of nitro groups is 1. The van der Waals surface area contributed by atoms with E-state index in [9.17, 15) is 19.3 Å². The van der Waals surface area contributed by atoms with Gasteiger partial charge in [0.1, 0.15) is 6.61 Å². The highest BCUT2D eigenvalue weighted by Gasteiger charge is 2.15. The number of rotatable bonds is 7. The van der Waals surface area contributed by atoms with Gasteiger partial charge < -0.3 is 10.1 Å². The van der Waals surface area contributed by atoms with E-state index in [2.05, 4.69) is 5.32 Å². The number of carbonyl (C=O) groups is 1. The summed E-state index contributed by atoms with van der Waals surface area (Å²) < 4.78 is 18.9. The minimum absolute atomic E-state index is 0.126. The molecule has 0 atom stereocenters. The van der Waals surface area contributed by atoms with Crippen LogP contribution in [0.5, 0.6) is 0 Å². The van der Waals surface area contributed by atoms with Crippen molar-refractivity contribution in [1.82, 2.24) is 5.32 Å². The molecule has 2 aromatic rings. The van der Waals surface area contributed by atoms with E-state index in [0.717, 1.165) is 11.6 Å². The highest BCUT2D eigenvalue weighted by molar-refractivity contribution is 5.67. The van der Waals surface area contributed by atoms with Crippen molar-refractivity contribution in [3.05, 3.63) is 81.7 Å². The zero-order valence-corrected chi connectivity index (χ0v) is 13.4. The molecule has 0 bridgehead atoms. The van der Waals surface area contributed by atoms with Gasteiger partial charge in [-0.05, 0) is 12.0 Å². The van der Waals surface area contributed by atoms with Crippen molar-refractivity contribution in [2.45, 2.75) is 13.0 Å².